The average Bonchev–Trinajstić information content (AvgIpc) is 2.04. The standard InChI is InChI=1S/C7H11F6N/c1-3-14(4-2)5(8)6(9,10)7(11,12)13/h5H,3-4H2,1-2H3. The molecule has 0 amide bonds. The van der Waals surface area contributed by atoms with Gasteiger partial charge in [0.25, 0.3) is 0 Å². The van der Waals surface area contributed by atoms with Crippen LogP contribution in [0.2, 0.25) is 0 Å². The molecule has 0 heterocycles. The lowest BCUT2D eigenvalue weighted by Crippen LogP contribution is -2.53. The molecule has 0 N–H and O–H groups in total. The van der Waals surface area contributed by atoms with Crippen LogP contribution in [-0.4, -0.2) is 36.4 Å². The van der Waals surface area contributed by atoms with Gasteiger partial charge in [0.1, 0.15) is 0 Å². The first kappa shape index (κ1) is 13.5. The largest absolute Gasteiger partial charge is 0.457 e. The fourth-order valence-corrected chi connectivity index (χ4v) is 0.909. The summed E-state index contributed by atoms with van der Waals surface area (Å²) in [5.41, 5.74) is 0. The van der Waals surface area contributed by atoms with E-state index in [0.29, 0.717) is 4.90 Å². The van der Waals surface area contributed by atoms with Crippen LogP contribution in [0.5, 0.6) is 0 Å². The highest BCUT2D eigenvalue weighted by atomic mass is 19.4. The minimum atomic E-state index is -5.85. The quantitative estimate of drug-likeness (QED) is 0.523. The van der Waals surface area contributed by atoms with E-state index in [9.17, 15) is 26.3 Å². The molecule has 1 atom stereocenters. The van der Waals surface area contributed by atoms with Gasteiger partial charge in [-0.05, 0) is 13.1 Å². The third-order valence-electron chi connectivity index (χ3n) is 1.81. The molecule has 0 aliphatic carbocycles. The molecule has 0 bridgehead atoms. The lowest BCUT2D eigenvalue weighted by molar-refractivity contribution is -0.320. The van der Waals surface area contributed by atoms with Gasteiger partial charge in [-0.15, -0.1) is 0 Å². The van der Waals surface area contributed by atoms with Gasteiger partial charge in [0.15, 0.2) is 0 Å². The van der Waals surface area contributed by atoms with Gasteiger partial charge < -0.3 is 0 Å². The van der Waals surface area contributed by atoms with Crippen molar-refractivity contribution in [2.75, 3.05) is 13.1 Å². The third-order valence-corrected chi connectivity index (χ3v) is 1.81. The Morgan fingerprint density at radius 2 is 1.36 bits per heavy atom. The molecule has 0 saturated carbocycles. The number of hydrogen-bond donors (Lipinski definition) is 0. The lowest BCUT2D eigenvalue weighted by Gasteiger charge is -2.30. The monoisotopic (exact) mass is 223 g/mol. The van der Waals surface area contributed by atoms with Gasteiger partial charge in [0, 0.05) is 0 Å². The average molecular weight is 223 g/mol. The van der Waals surface area contributed by atoms with Crippen LogP contribution >= 0.6 is 0 Å². The maximum Gasteiger partial charge on any atom is 0.457 e. The molecule has 0 radical (unpaired) electrons. The van der Waals surface area contributed by atoms with Crippen LogP contribution in [0.4, 0.5) is 26.3 Å². The zero-order valence-corrected chi connectivity index (χ0v) is 7.71. The first-order chi connectivity index (χ1) is 6.18. The Morgan fingerprint density at radius 3 is 1.57 bits per heavy atom. The maximum atomic E-state index is 12.8. The van der Waals surface area contributed by atoms with Crippen LogP contribution in [0, 0.1) is 0 Å². The predicted octanol–water partition coefficient (Wildman–Crippen LogP) is 2.82. The Balaban J connectivity index is 4.73. The summed E-state index contributed by atoms with van der Waals surface area (Å²) in [4.78, 5) is 0.410. The van der Waals surface area contributed by atoms with Gasteiger partial charge in [-0.2, -0.15) is 22.0 Å². The second-order valence-electron chi connectivity index (χ2n) is 2.68. The van der Waals surface area contributed by atoms with E-state index in [1.807, 2.05) is 0 Å². The van der Waals surface area contributed by atoms with Crippen molar-refractivity contribution in [3.63, 3.8) is 0 Å². The first-order valence-electron chi connectivity index (χ1n) is 4.01. The Hall–Kier alpha value is -0.460. The molecule has 0 aromatic heterocycles. The number of nitrogens with zero attached hydrogens (tertiary/aromatic N) is 1. The van der Waals surface area contributed by atoms with Crippen LogP contribution in [0.15, 0.2) is 0 Å². The zero-order valence-electron chi connectivity index (χ0n) is 7.71. The molecular formula is C7H11F6N. The molecule has 0 spiro atoms. The highest BCUT2D eigenvalue weighted by molar-refractivity contribution is 4.84. The normalized spacial score (nSPS) is 16.1. The van der Waals surface area contributed by atoms with Crippen molar-refractivity contribution in [3.8, 4) is 0 Å². The molecule has 0 rings (SSSR count). The first-order valence-corrected chi connectivity index (χ1v) is 4.01. The second kappa shape index (κ2) is 4.37. The van der Waals surface area contributed by atoms with Crippen LogP contribution in [0.25, 0.3) is 0 Å². The lowest BCUT2D eigenvalue weighted by atomic mass is 10.2. The van der Waals surface area contributed by atoms with E-state index in [-0.39, 0.29) is 13.1 Å². The van der Waals surface area contributed by atoms with E-state index in [2.05, 4.69) is 0 Å². The summed E-state index contributed by atoms with van der Waals surface area (Å²) in [6.45, 7) is 2.21. The van der Waals surface area contributed by atoms with Crippen molar-refractivity contribution in [1.82, 2.24) is 4.90 Å². The fourth-order valence-electron chi connectivity index (χ4n) is 0.909. The van der Waals surface area contributed by atoms with Crippen LogP contribution in [-0.2, 0) is 0 Å². The highest BCUT2D eigenvalue weighted by Gasteiger charge is 2.64. The Labute approximate surface area is 77.7 Å². The molecular weight excluding hydrogens is 212 g/mol. The summed E-state index contributed by atoms with van der Waals surface area (Å²) in [5.74, 6) is -5.32. The van der Waals surface area contributed by atoms with E-state index >= 15 is 0 Å². The summed E-state index contributed by atoms with van der Waals surface area (Å²) >= 11 is 0. The molecule has 0 aromatic rings. The molecule has 0 aromatic carbocycles. The van der Waals surface area contributed by atoms with Crippen molar-refractivity contribution in [2.24, 2.45) is 0 Å². The summed E-state index contributed by atoms with van der Waals surface area (Å²) < 4.78 is 72.7. The Kier molecular flexibility index (Phi) is 4.23. The summed E-state index contributed by atoms with van der Waals surface area (Å²) in [5, 5.41) is 0. The summed E-state index contributed by atoms with van der Waals surface area (Å²) in [7, 11) is 0. The maximum absolute atomic E-state index is 12.8. The highest BCUT2D eigenvalue weighted by Crippen LogP contribution is 2.40. The van der Waals surface area contributed by atoms with Gasteiger partial charge >= 0.3 is 12.1 Å². The van der Waals surface area contributed by atoms with Gasteiger partial charge in [-0.3, -0.25) is 4.90 Å². The van der Waals surface area contributed by atoms with E-state index in [4.69, 9.17) is 0 Å². The van der Waals surface area contributed by atoms with Gasteiger partial charge in [-0.1, -0.05) is 13.8 Å². The van der Waals surface area contributed by atoms with E-state index < -0.39 is 18.4 Å². The van der Waals surface area contributed by atoms with Gasteiger partial charge in [0.2, 0.25) is 6.30 Å². The molecule has 86 valence electrons. The molecule has 0 saturated heterocycles. The smallest absolute Gasteiger partial charge is 0.269 e. The molecule has 0 fully saturated rings. The fraction of sp³-hybridized carbons (Fsp3) is 1.00. The topological polar surface area (TPSA) is 3.24 Å². The number of halogens is 6. The third kappa shape index (κ3) is 2.52. The SMILES string of the molecule is CCN(CC)C(F)C(F)(F)C(F)(F)F. The Bertz CT molecular complexity index is 174. The van der Waals surface area contributed by atoms with Crippen LogP contribution in [0.3, 0.4) is 0 Å². The summed E-state index contributed by atoms with van der Waals surface area (Å²) in [6, 6.07) is 0. The molecule has 1 nitrogen and oxygen atoms in total. The van der Waals surface area contributed by atoms with Gasteiger partial charge in [0.05, 0.1) is 0 Å². The summed E-state index contributed by atoms with van der Waals surface area (Å²) in [6.07, 6.45) is -9.17. The molecule has 1 unspecified atom stereocenters. The molecule has 14 heavy (non-hydrogen) atoms. The molecule has 7 heteroatoms. The second-order valence-corrected chi connectivity index (χ2v) is 2.68. The van der Waals surface area contributed by atoms with E-state index in [0.717, 1.165) is 0 Å². The minimum absolute atomic E-state index is 0.205. The van der Waals surface area contributed by atoms with Crippen LogP contribution < -0.4 is 0 Å². The van der Waals surface area contributed by atoms with Crippen molar-refractivity contribution in [2.45, 2.75) is 32.2 Å². The van der Waals surface area contributed by atoms with Crippen molar-refractivity contribution in [1.29, 1.82) is 0 Å². The Morgan fingerprint density at radius 1 is 1.00 bits per heavy atom. The zero-order chi connectivity index (χ0) is 11.6. The predicted molar refractivity (Wildman–Crippen MR) is 38.8 cm³/mol. The molecule has 0 aliphatic rings. The van der Waals surface area contributed by atoms with Crippen molar-refractivity contribution < 1.29 is 26.3 Å². The minimum Gasteiger partial charge on any atom is -0.269 e. The number of alkyl halides is 6. The van der Waals surface area contributed by atoms with Gasteiger partial charge in [-0.25, -0.2) is 4.39 Å². The van der Waals surface area contributed by atoms with Crippen molar-refractivity contribution in [3.05, 3.63) is 0 Å². The molecule has 0 aliphatic heterocycles. The van der Waals surface area contributed by atoms with Crippen molar-refractivity contribution >= 4 is 0 Å². The number of rotatable bonds is 4. The number of hydrogen-bond acceptors (Lipinski definition) is 1. The van der Waals surface area contributed by atoms with Crippen LogP contribution in [0.1, 0.15) is 13.8 Å². The van der Waals surface area contributed by atoms with E-state index in [1.54, 1.807) is 0 Å². The van der Waals surface area contributed by atoms with E-state index in [1.165, 1.54) is 13.8 Å².